The predicted octanol–water partition coefficient (Wildman–Crippen LogP) is 1.73. The molecule has 2 aliphatic rings. The van der Waals surface area contributed by atoms with E-state index in [1.54, 1.807) is 11.3 Å². The zero-order valence-corrected chi connectivity index (χ0v) is 13.4. The number of hydrogen-bond donors (Lipinski definition) is 2. The van der Waals surface area contributed by atoms with E-state index in [0.29, 0.717) is 12.0 Å². The van der Waals surface area contributed by atoms with Gasteiger partial charge in [-0.15, -0.1) is 11.3 Å². The first-order valence-electron chi connectivity index (χ1n) is 7.47. The summed E-state index contributed by atoms with van der Waals surface area (Å²) in [6.45, 7) is 9.21. The maximum Gasteiger partial charge on any atom is 0.0940 e. The number of aryl methyl sites for hydroxylation is 1. The second-order valence-electron chi connectivity index (χ2n) is 6.76. The fraction of sp³-hybridized carbons (Fsp3) is 0.800. The number of rotatable bonds is 5. The van der Waals surface area contributed by atoms with E-state index in [1.165, 1.54) is 5.01 Å². The van der Waals surface area contributed by atoms with Gasteiger partial charge in [-0.25, -0.2) is 4.98 Å². The summed E-state index contributed by atoms with van der Waals surface area (Å²) in [5, 5.41) is 6.85. The molecule has 5 heteroatoms. The van der Waals surface area contributed by atoms with Gasteiger partial charge in [-0.2, -0.15) is 0 Å². The van der Waals surface area contributed by atoms with Gasteiger partial charge < -0.3 is 15.8 Å². The van der Waals surface area contributed by atoms with Gasteiger partial charge in [0.15, 0.2) is 0 Å². The number of aromatic nitrogens is 1. The van der Waals surface area contributed by atoms with Gasteiger partial charge in [0.2, 0.25) is 0 Å². The second kappa shape index (κ2) is 5.05. The van der Waals surface area contributed by atoms with Crippen molar-refractivity contribution in [3.63, 3.8) is 0 Å². The van der Waals surface area contributed by atoms with Crippen molar-refractivity contribution in [1.29, 1.82) is 0 Å². The molecule has 0 spiro atoms. The Hall–Kier alpha value is -0.490. The zero-order valence-electron chi connectivity index (χ0n) is 12.6. The topological polar surface area (TPSA) is 60.2 Å². The highest BCUT2D eigenvalue weighted by Gasteiger charge is 2.67. The Morgan fingerprint density at radius 2 is 2.35 bits per heavy atom. The summed E-state index contributed by atoms with van der Waals surface area (Å²) in [6.07, 6.45) is 2.45. The number of fused-ring (bicyclic) bond motifs is 1. The van der Waals surface area contributed by atoms with Gasteiger partial charge in [0.1, 0.15) is 0 Å². The molecule has 20 heavy (non-hydrogen) atoms. The Bertz CT molecular complexity index is 487. The van der Waals surface area contributed by atoms with E-state index >= 15 is 0 Å². The molecule has 1 aliphatic heterocycles. The van der Waals surface area contributed by atoms with Crippen LogP contribution < -0.4 is 11.1 Å². The average molecular weight is 295 g/mol. The van der Waals surface area contributed by atoms with Crippen molar-refractivity contribution in [2.45, 2.75) is 45.3 Å². The van der Waals surface area contributed by atoms with E-state index in [4.69, 9.17) is 10.5 Å². The van der Waals surface area contributed by atoms with Gasteiger partial charge in [-0.05, 0) is 13.3 Å². The molecule has 0 radical (unpaired) electrons. The second-order valence-corrected chi connectivity index (χ2v) is 7.70. The third-order valence-electron chi connectivity index (χ3n) is 5.26. The molecule has 2 fully saturated rings. The number of nitrogens with two attached hydrogens (primary N) is 1. The molecule has 1 saturated carbocycles. The zero-order chi connectivity index (χ0) is 14.4. The summed E-state index contributed by atoms with van der Waals surface area (Å²) >= 11 is 1.74. The van der Waals surface area contributed by atoms with Gasteiger partial charge in [0.05, 0.1) is 11.1 Å². The number of hydrogen-bond acceptors (Lipinski definition) is 5. The van der Waals surface area contributed by atoms with Crippen molar-refractivity contribution in [1.82, 2.24) is 10.3 Å². The van der Waals surface area contributed by atoms with Gasteiger partial charge in [0, 0.05) is 54.1 Å². The van der Waals surface area contributed by atoms with Crippen LogP contribution in [0.15, 0.2) is 5.38 Å². The van der Waals surface area contributed by atoms with Crippen LogP contribution in [-0.2, 0) is 11.2 Å². The van der Waals surface area contributed by atoms with Crippen molar-refractivity contribution in [2.75, 3.05) is 19.7 Å². The molecular weight excluding hydrogens is 270 g/mol. The molecule has 3 unspecified atom stereocenters. The molecule has 0 aromatic carbocycles. The van der Waals surface area contributed by atoms with Crippen LogP contribution in [0.2, 0.25) is 0 Å². The molecule has 1 aromatic heterocycles. The molecule has 1 saturated heterocycles. The van der Waals surface area contributed by atoms with E-state index in [0.717, 1.165) is 38.2 Å². The molecule has 4 nitrogen and oxygen atoms in total. The van der Waals surface area contributed by atoms with E-state index < -0.39 is 0 Å². The minimum Gasteiger partial charge on any atom is -0.377 e. The number of thiazole rings is 1. The van der Waals surface area contributed by atoms with Gasteiger partial charge in [-0.1, -0.05) is 13.8 Å². The van der Waals surface area contributed by atoms with Crippen LogP contribution in [0.3, 0.4) is 0 Å². The van der Waals surface area contributed by atoms with Crippen LogP contribution in [0.4, 0.5) is 0 Å². The largest absolute Gasteiger partial charge is 0.377 e. The molecule has 0 amide bonds. The minimum atomic E-state index is -0.132. The summed E-state index contributed by atoms with van der Waals surface area (Å²) in [7, 11) is 0. The summed E-state index contributed by atoms with van der Waals surface area (Å²) in [5.74, 6) is 0.520. The normalized spacial score (nSPS) is 34.8. The Labute approximate surface area is 125 Å². The molecule has 112 valence electrons. The highest BCUT2D eigenvalue weighted by molar-refractivity contribution is 7.09. The third kappa shape index (κ3) is 2.11. The van der Waals surface area contributed by atoms with E-state index in [1.807, 2.05) is 6.92 Å². The Balaban J connectivity index is 1.50. The summed E-state index contributed by atoms with van der Waals surface area (Å²) < 4.78 is 5.82. The van der Waals surface area contributed by atoms with Crippen molar-refractivity contribution in [3.05, 3.63) is 16.1 Å². The molecule has 1 aromatic rings. The monoisotopic (exact) mass is 295 g/mol. The molecule has 2 heterocycles. The molecular formula is C15H25N3OS. The van der Waals surface area contributed by atoms with Crippen molar-refractivity contribution >= 4 is 11.3 Å². The Morgan fingerprint density at radius 3 is 3.05 bits per heavy atom. The third-order valence-corrected chi connectivity index (χ3v) is 6.29. The maximum absolute atomic E-state index is 6.69. The van der Waals surface area contributed by atoms with Crippen LogP contribution in [0.1, 0.15) is 31.0 Å². The lowest BCUT2D eigenvalue weighted by atomic mass is 9.48. The minimum absolute atomic E-state index is 0.0684. The van der Waals surface area contributed by atoms with Crippen LogP contribution in [0.5, 0.6) is 0 Å². The highest BCUT2D eigenvalue weighted by Crippen LogP contribution is 2.57. The van der Waals surface area contributed by atoms with E-state index in [9.17, 15) is 0 Å². The van der Waals surface area contributed by atoms with Crippen molar-refractivity contribution < 1.29 is 4.74 Å². The maximum atomic E-state index is 6.69. The lowest BCUT2D eigenvalue weighted by Gasteiger charge is -2.62. The molecule has 3 rings (SSSR count). The first kappa shape index (κ1) is 14.4. The van der Waals surface area contributed by atoms with Crippen molar-refractivity contribution in [2.24, 2.45) is 17.1 Å². The fourth-order valence-corrected chi connectivity index (χ4v) is 4.62. The lowest BCUT2D eigenvalue weighted by Crippen LogP contribution is -2.78. The van der Waals surface area contributed by atoms with E-state index in [-0.39, 0.29) is 11.0 Å². The molecule has 1 aliphatic carbocycles. The fourth-order valence-electron chi connectivity index (χ4n) is 3.84. The number of ether oxygens (including phenoxy) is 1. The standard InChI is InChI=1S/C15H25N3OS/c1-10-8-20-12(18-10)4-6-17-9-15(16)11-5-7-19-13(11)14(15,2)3/h8,11,13,17H,4-7,9,16H2,1-3H3. The quantitative estimate of drug-likeness (QED) is 0.812. The Kier molecular flexibility index (Phi) is 3.65. The number of nitrogens with zero attached hydrogens (tertiary/aromatic N) is 1. The Morgan fingerprint density at radius 1 is 1.55 bits per heavy atom. The van der Waals surface area contributed by atoms with Crippen LogP contribution in [0, 0.1) is 18.3 Å². The SMILES string of the molecule is Cc1csc(CCNCC2(N)C3CCOC3C2(C)C)n1. The molecule has 0 bridgehead atoms. The average Bonchev–Trinajstić information content (AvgIpc) is 3.02. The first-order chi connectivity index (χ1) is 9.45. The molecule has 3 N–H and O–H groups in total. The summed E-state index contributed by atoms with van der Waals surface area (Å²) in [5.41, 5.74) is 7.75. The van der Waals surface area contributed by atoms with E-state index in [2.05, 4.69) is 29.5 Å². The molecule has 3 atom stereocenters. The van der Waals surface area contributed by atoms with Gasteiger partial charge >= 0.3 is 0 Å². The summed E-state index contributed by atoms with van der Waals surface area (Å²) in [4.78, 5) is 4.49. The predicted molar refractivity (Wildman–Crippen MR) is 82.0 cm³/mol. The first-order valence-corrected chi connectivity index (χ1v) is 8.35. The van der Waals surface area contributed by atoms with Gasteiger partial charge in [-0.3, -0.25) is 0 Å². The van der Waals surface area contributed by atoms with Crippen LogP contribution in [-0.4, -0.2) is 36.3 Å². The van der Waals surface area contributed by atoms with Crippen molar-refractivity contribution in [3.8, 4) is 0 Å². The number of nitrogens with one attached hydrogen (secondary N) is 1. The van der Waals surface area contributed by atoms with Gasteiger partial charge in [0.25, 0.3) is 0 Å². The van der Waals surface area contributed by atoms with Crippen LogP contribution >= 0.6 is 11.3 Å². The van der Waals surface area contributed by atoms with Crippen LogP contribution in [0.25, 0.3) is 0 Å². The summed E-state index contributed by atoms with van der Waals surface area (Å²) in [6, 6.07) is 0. The highest BCUT2D eigenvalue weighted by atomic mass is 32.1. The smallest absolute Gasteiger partial charge is 0.0940 e. The lowest BCUT2D eigenvalue weighted by molar-refractivity contribution is -0.153.